The van der Waals surface area contributed by atoms with Gasteiger partial charge in [-0.1, -0.05) is 18.8 Å². The Bertz CT molecular complexity index is 1010. The Labute approximate surface area is 196 Å². The summed E-state index contributed by atoms with van der Waals surface area (Å²) in [6.07, 6.45) is 2.31. The maximum atomic E-state index is 13.5. The summed E-state index contributed by atoms with van der Waals surface area (Å²) in [5.74, 6) is 6.35. The molecule has 1 aliphatic carbocycles. The highest BCUT2D eigenvalue weighted by atomic mass is 32.2. The Morgan fingerprint density at radius 1 is 1.39 bits per heavy atom. The number of aliphatic hydroxyl groups excluding tert-OH is 1. The molecule has 1 N–H and O–H groups in total. The van der Waals surface area contributed by atoms with Gasteiger partial charge in [-0.25, -0.2) is 8.42 Å². The molecule has 0 saturated heterocycles. The van der Waals surface area contributed by atoms with Crippen LogP contribution < -0.4 is 4.74 Å². The van der Waals surface area contributed by atoms with Gasteiger partial charge in [0.15, 0.2) is 0 Å². The van der Waals surface area contributed by atoms with E-state index in [4.69, 9.17) is 9.47 Å². The van der Waals surface area contributed by atoms with Crippen LogP contribution in [0, 0.1) is 23.7 Å². The topological polar surface area (TPSA) is 96.4 Å². The van der Waals surface area contributed by atoms with Crippen molar-refractivity contribution in [2.45, 2.75) is 50.2 Å². The van der Waals surface area contributed by atoms with Crippen LogP contribution in [0.4, 0.5) is 0 Å². The quantitative estimate of drug-likeness (QED) is 0.600. The fourth-order valence-electron chi connectivity index (χ4n) is 3.83. The molecule has 33 heavy (non-hydrogen) atoms. The first-order valence-electron chi connectivity index (χ1n) is 11.3. The maximum absolute atomic E-state index is 13.5. The van der Waals surface area contributed by atoms with Crippen molar-refractivity contribution in [1.29, 1.82) is 0 Å². The number of methoxy groups -OCH3 is 1. The molecule has 1 aliphatic heterocycles. The third kappa shape index (κ3) is 6.27. The van der Waals surface area contributed by atoms with E-state index >= 15 is 0 Å². The molecule has 3 rings (SSSR count). The second-order valence-corrected chi connectivity index (χ2v) is 10.9. The number of aliphatic hydroxyl groups is 1. The lowest BCUT2D eigenvalue weighted by molar-refractivity contribution is -0.131. The van der Waals surface area contributed by atoms with E-state index in [-0.39, 0.29) is 42.2 Å². The summed E-state index contributed by atoms with van der Waals surface area (Å²) in [6, 6.07) is 4.15. The highest BCUT2D eigenvalue weighted by molar-refractivity contribution is 7.89. The van der Waals surface area contributed by atoms with Crippen LogP contribution in [0.3, 0.4) is 0 Å². The molecular formula is C24H34N2O6S. The van der Waals surface area contributed by atoms with Gasteiger partial charge in [0.05, 0.1) is 13.2 Å². The minimum absolute atomic E-state index is 0.0314. The third-order valence-corrected chi connectivity index (χ3v) is 8.18. The Kier molecular flexibility index (Phi) is 8.40. The highest BCUT2D eigenvalue weighted by Gasteiger charge is 2.38. The summed E-state index contributed by atoms with van der Waals surface area (Å²) in [6.45, 7) is 4.06. The molecule has 0 aromatic heterocycles. The average molecular weight is 479 g/mol. The van der Waals surface area contributed by atoms with E-state index in [1.54, 1.807) is 38.1 Å². The van der Waals surface area contributed by atoms with Gasteiger partial charge >= 0.3 is 0 Å². The molecule has 9 heteroatoms. The molecule has 1 aromatic carbocycles. The molecule has 3 atom stereocenters. The van der Waals surface area contributed by atoms with Gasteiger partial charge in [0.1, 0.15) is 23.4 Å². The molecule has 0 bridgehead atoms. The first kappa shape index (κ1) is 25.5. The summed E-state index contributed by atoms with van der Waals surface area (Å²) in [5, 5.41) is 9.73. The third-order valence-electron chi connectivity index (χ3n) is 6.16. The van der Waals surface area contributed by atoms with Crippen LogP contribution in [0.5, 0.6) is 5.75 Å². The molecule has 8 nitrogen and oxygen atoms in total. The minimum Gasteiger partial charge on any atom is -0.487 e. The van der Waals surface area contributed by atoms with E-state index in [0.717, 1.165) is 12.8 Å². The van der Waals surface area contributed by atoms with Crippen molar-refractivity contribution in [2.75, 3.05) is 40.5 Å². The number of sulfonamides is 1. The monoisotopic (exact) mass is 478 g/mol. The number of amides is 1. The molecule has 0 radical (unpaired) electrons. The summed E-state index contributed by atoms with van der Waals surface area (Å²) in [5.41, 5.74) is 0.605. The number of hydrogen-bond acceptors (Lipinski definition) is 6. The second kappa shape index (κ2) is 10.9. The van der Waals surface area contributed by atoms with Crippen molar-refractivity contribution in [3.05, 3.63) is 23.8 Å². The zero-order chi connectivity index (χ0) is 24.2. The first-order chi connectivity index (χ1) is 15.7. The molecule has 1 aromatic rings. The van der Waals surface area contributed by atoms with Gasteiger partial charge in [0.25, 0.3) is 0 Å². The number of fused-ring (bicyclic) bond motifs is 1. The normalized spacial score (nSPS) is 23.2. The number of benzene rings is 1. The fraction of sp³-hybridized carbons (Fsp3) is 0.625. The van der Waals surface area contributed by atoms with E-state index in [1.165, 1.54) is 10.4 Å². The van der Waals surface area contributed by atoms with Crippen molar-refractivity contribution >= 4 is 15.9 Å². The number of hydrogen-bond donors (Lipinski definition) is 1. The number of carbonyl (C=O) groups is 1. The van der Waals surface area contributed by atoms with E-state index in [1.807, 2.05) is 6.92 Å². The average Bonchev–Trinajstić information content (AvgIpc) is 3.59. The van der Waals surface area contributed by atoms with E-state index in [2.05, 4.69) is 11.8 Å². The van der Waals surface area contributed by atoms with Gasteiger partial charge < -0.3 is 19.5 Å². The van der Waals surface area contributed by atoms with Crippen LogP contribution in [0.25, 0.3) is 0 Å². The van der Waals surface area contributed by atoms with Gasteiger partial charge in [0, 0.05) is 44.6 Å². The molecular weight excluding hydrogens is 444 g/mol. The molecule has 1 heterocycles. The van der Waals surface area contributed by atoms with Gasteiger partial charge in [-0.15, -0.1) is 0 Å². The molecule has 1 saturated carbocycles. The van der Waals surface area contributed by atoms with Gasteiger partial charge in [-0.3, -0.25) is 4.79 Å². The van der Waals surface area contributed by atoms with Crippen molar-refractivity contribution in [1.82, 2.24) is 9.21 Å². The van der Waals surface area contributed by atoms with Gasteiger partial charge in [0.2, 0.25) is 15.9 Å². The van der Waals surface area contributed by atoms with Crippen molar-refractivity contribution in [2.24, 2.45) is 11.8 Å². The maximum Gasteiger partial charge on any atom is 0.247 e. The van der Waals surface area contributed by atoms with E-state index in [9.17, 15) is 18.3 Å². The molecule has 0 spiro atoms. The van der Waals surface area contributed by atoms with Crippen LogP contribution in [0.2, 0.25) is 0 Å². The predicted octanol–water partition coefficient (Wildman–Crippen LogP) is 1.71. The molecule has 1 fully saturated rings. The standard InChI is InChI=1S/C24H34N2O6S/c1-17-14-26(18(2)16-27)33(29,30)23-10-9-19(6-5-11-31-4)12-21(23)32-22(17)15-25(3)24(28)13-20-7-8-20/h9-10,12,17-18,20,22,27H,7-8,11,13-16H2,1-4H3/t17-,18+,22-/m0/s1. The first-order valence-corrected chi connectivity index (χ1v) is 12.8. The van der Waals surface area contributed by atoms with Gasteiger partial charge in [-0.2, -0.15) is 4.31 Å². The van der Waals surface area contributed by atoms with Crippen LogP contribution in [-0.2, 0) is 19.6 Å². The van der Waals surface area contributed by atoms with E-state index < -0.39 is 22.2 Å². The van der Waals surface area contributed by atoms with Crippen LogP contribution >= 0.6 is 0 Å². The Morgan fingerprint density at radius 3 is 2.76 bits per heavy atom. The number of likely N-dealkylation sites (N-methyl/N-ethyl adjacent to an activating group) is 1. The smallest absolute Gasteiger partial charge is 0.247 e. The largest absolute Gasteiger partial charge is 0.487 e. The van der Waals surface area contributed by atoms with Crippen molar-refractivity contribution < 1.29 is 27.8 Å². The molecule has 2 aliphatic rings. The van der Waals surface area contributed by atoms with Crippen LogP contribution in [-0.4, -0.2) is 81.2 Å². The lowest BCUT2D eigenvalue weighted by Crippen LogP contribution is -2.50. The summed E-state index contributed by atoms with van der Waals surface area (Å²) >= 11 is 0. The number of ether oxygens (including phenoxy) is 2. The highest BCUT2D eigenvalue weighted by Crippen LogP contribution is 2.35. The summed E-state index contributed by atoms with van der Waals surface area (Å²) in [7, 11) is -0.597. The number of rotatable bonds is 7. The molecule has 1 amide bonds. The van der Waals surface area contributed by atoms with Crippen molar-refractivity contribution in [3.8, 4) is 17.6 Å². The summed E-state index contributed by atoms with van der Waals surface area (Å²) < 4.78 is 39.5. The lowest BCUT2D eigenvalue weighted by Gasteiger charge is -2.37. The van der Waals surface area contributed by atoms with Gasteiger partial charge in [-0.05, 0) is 43.9 Å². The van der Waals surface area contributed by atoms with Crippen LogP contribution in [0.15, 0.2) is 23.1 Å². The lowest BCUT2D eigenvalue weighted by atomic mass is 10.0. The zero-order valence-corrected chi connectivity index (χ0v) is 20.6. The SMILES string of the molecule is COCC#Cc1ccc2c(c1)O[C@@H](CN(C)C(=O)CC1CC1)[C@@H](C)CN([C@H](C)CO)S2(=O)=O. The second-order valence-electron chi connectivity index (χ2n) is 9.06. The minimum atomic E-state index is -3.91. The molecule has 182 valence electrons. The molecule has 0 unspecified atom stereocenters. The zero-order valence-electron chi connectivity index (χ0n) is 19.8. The number of nitrogens with zero attached hydrogens (tertiary/aromatic N) is 2. The van der Waals surface area contributed by atoms with Crippen molar-refractivity contribution in [3.63, 3.8) is 0 Å². The van der Waals surface area contributed by atoms with Crippen LogP contribution in [0.1, 0.15) is 38.7 Å². The van der Waals surface area contributed by atoms with E-state index in [0.29, 0.717) is 24.4 Å². The summed E-state index contributed by atoms with van der Waals surface area (Å²) in [4.78, 5) is 14.3. The predicted molar refractivity (Wildman–Crippen MR) is 124 cm³/mol. The fourth-order valence-corrected chi connectivity index (χ4v) is 5.65. The number of carbonyl (C=O) groups excluding carboxylic acids is 1. The Balaban J connectivity index is 1.97. The Hall–Kier alpha value is -2.12. The Morgan fingerprint density at radius 2 is 2.12 bits per heavy atom.